The third-order valence-corrected chi connectivity index (χ3v) is 3.11. The average molecular weight is 266 g/mol. The lowest BCUT2D eigenvalue weighted by atomic mass is 10.0. The molecule has 0 fully saturated rings. The normalized spacial score (nSPS) is 12.1. The lowest BCUT2D eigenvalue weighted by molar-refractivity contribution is 0.618. The van der Waals surface area contributed by atoms with E-state index < -0.39 is 0 Å². The topological polar surface area (TPSA) is 26.0 Å². The Balaban J connectivity index is 2.69. The van der Waals surface area contributed by atoms with Gasteiger partial charge in [0.2, 0.25) is 0 Å². The average Bonchev–Trinajstić information content (AvgIpc) is 2.22. The maximum Gasteiger partial charge on any atom is 0.0306 e. The summed E-state index contributed by atoms with van der Waals surface area (Å²) in [5.74, 6) is 2.63. The van der Waals surface area contributed by atoms with E-state index in [0.29, 0.717) is 0 Å². The minimum atomic E-state index is 0.0765. The summed E-state index contributed by atoms with van der Waals surface area (Å²) < 4.78 is 1.08. The molecule has 1 unspecified atom stereocenters. The fraction of sp³-hybridized carbons (Fsp3) is 0.385. The Hall–Kier alpha value is -0.780. The van der Waals surface area contributed by atoms with E-state index in [1.807, 2.05) is 6.07 Å². The maximum absolute atomic E-state index is 6.11. The largest absolute Gasteiger partial charge is 0.324 e. The molecule has 15 heavy (non-hydrogen) atoms. The van der Waals surface area contributed by atoms with Crippen molar-refractivity contribution >= 4 is 15.9 Å². The Morgan fingerprint density at radius 1 is 1.53 bits per heavy atom. The first-order valence-corrected chi connectivity index (χ1v) is 5.89. The molecular weight excluding hydrogens is 250 g/mol. The molecule has 0 saturated carbocycles. The van der Waals surface area contributed by atoms with Crippen molar-refractivity contribution in [3.05, 3.63) is 33.8 Å². The fourth-order valence-electron chi connectivity index (χ4n) is 1.53. The second-order valence-electron chi connectivity index (χ2n) is 3.73. The van der Waals surface area contributed by atoms with Gasteiger partial charge in [0.25, 0.3) is 0 Å². The summed E-state index contributed by atoms with van der Waals surface area (Å²) >= 11 is 3.52. The molecule has 0 aliphatic carbocycles. The zero-order valence-electron chi connectivity index (χ0n) is 8.96. The summed E-state index contributed by atoms with van der Waals surface area (Å²) in [6.45, 7) is 2.07. The number of hydrogen-bond donors (Lipinski definition) is 1. The Morgan fingerprint density at radius 2 is 2.27 bits per heavy atom. The zero-order chi connectivity index (χ0) is 11.3. The number of terminal acetylenes is 1. The molecule has 0 spiro atoms. The van der Waals surface area contributed by atoms with E-state index >= 15 is 0 Å². The highest BCUT2D eigenvalue weighted by Crippen LogP contribution is 2.26. The second-order valence-corrected chi connectivity index (χ2v) is 4.58. The molecule has 1 aromatic carbocycles. The number of halogens is 1. The third-order valence-electron chi connectivity index (χ3n) is 2.39. The van der Waals surface area contributed by atoms with Gasteiger partial charge in [-0.05, 0) is 31.4 Å². The highest BCUT2D eigenvalue weighted by atomic mass is 79.9. The number of hydrogen-bond acceptors (Lipinski definition) is 1. The molecule has 1 aromatic rings. The van der Waals surface area contributed by atoms with Crippen LogP contribution < -0.4 is 5.73 Å². The highest BCUT2D eigenvalue weighted by Gasteiger charge is 2.09. The standard InChI is InChI=1S/C13H16BrN/c1-3-4-5-6-13(15)11-9-10(2)7-8-12(11)14/h1,7-9,13H,4-6,15H2,2H3. The number of nitrogens with two attached hydrogens (primary N) is 1. The van der Waals surface area contributed by atoms with Crippen LogP contribution in [0.4, 0.5) is 0 Å². The van der Waals surface area contributed by atoms with Crippen molar-refractivity contribution in [3.8, 4) is 12.3 Å². The van der Waals surface area contributed by atoms with Crippen molar-refractivity contribution in [2.24, 2.45) is 5.73 Å². The van der Waals surface area contributed by atoms with Crippen LogP contribution in [-0.4, -0.2) is 0 Å². The summed E-state index contributed by atoms with van der Waals surface area (Å²) in [5.41, 5.74) is 8.52. The molecule has 80 valence electrons. The minimum Gasteiger partial charge on any atom is -0.324 e. The van der Waals surface area contributed by atoms with Gasteiger partial charge in [-0.25, -0.2) is 0 Å². The van der Waals surface area contributed by atoms with Crippen molar-refractivity contribution in [1.82, 2.24) is 0 Å². The van der Waals surface area contributed by atoms with Gasteiger partial charge < -0.3 is 5.73 Å². The van der Waals surface area contributed by atoms with E-state index in [1.165, 1.54) is 11.1 Å². The van der Waals surface area contributed by atoms with Crippen LogP contribution in [0.25, 0.3) is 0 Å². The summed E-state index contributed by atoms with van der Waals surface area (Å²) in [6, 6.07) is 6.32. The fourth-order valence-corrected chi connectivity index (χ4v) is 2.07. The minimum absolute atomic E-state index is 0.0765. The number of rotatable bonds is 4. The summed E-state index contributed by atoms with van der Waals surface area (Å²) in [5, 5.41) is 0. The van der Waals surface area contributed by atoms with Gasteiger partial charge in [-0.3, -0.25) is 0 Å². The molecule has 0 aromatic heterocycles. The summed E-state index contributed by atoms with van der Waals surface area (Å²) in [6.07, 6.45) is 7.93. The Kier molecular flexibility index (Phi) is 4.87. The van der Waals surface area contributed by atoms with Crippen molar-refractivity contribution in [2.75, 3.05) is 0 Å². The van der Waals surface area contributed by atoms with E-state index in [1.54, 1.807) is 0 Å². The van der Waals surface area contributed by atoms with Gasteiger partial charge in [0.15, 0.2) is 0 Å². The van der Waals surface area contributed by atoms with Gasteiger partial charge >= 0.3 is 0 Å². The molecule has 0 saturated heterocycles. The molecule has 0 heterocycles. The summed E-state index contributed by atoms with van der Waals surface area (Å²) in [4.78, 5) is 0. The van der Waals surface area contributed by atoms with Gasteiger partial charge in [0.1, 0.15) is 0 Å². The van der Waals surface area contributed by atoms with Crippen LogP contribution in [0.3, 0.4) is 0 Å². The molecule has 2 heteroatoms. The first-order valence-electron chi connectivity index (χ1n) is 5.10. The van der Waals surface area contributed by atoms with E-state index in [-0.39, 0.29) is 6.04 Å². The number of benzene rings is 1. The summed E-state index contributed by atoms with van der Waals surface area (Å²) in [7, 11) is 0. The SMILES string of the molecule is C#CCCCC(N)c1cc(C)ccc1Br. The number of unbranched alkanes of at least 4 members (excludes halogenated alkanes) is 1. The van der Waals surface area contributed by atoms with Crippen molar-refractivity contribution in [3.63, 3.8) is 0 Å². The van der Waals surface area contributed by atoms with Crippen LogP contribution in [0.2, 0.25) is 0 Å². The van der Waals surface area contributed by atoms with E-state index in [4.69, 9.17) is 12.2 Å². The molecule has 0 aliphatic rings. The van der Waals surface area contributed by atoms with Gasteiger partial charge in [-0.15, -0.1) is 12.3 Å². The predicted octanol–water partition coefficient (Wildman–Crippen LogP) is 3.56. The van der Waals surface area contributed by atoms with Crippen LogP contribution in [0, 0.1) is 19.3 Å². The molecular formula is C13H16BrN. The van der Waals surface area contributed by atoms with Crippen LogP contribution in [0.1, 0.15) is 36.4 Å². The molecule has 0 radical (unpaired) electrons. The molecule has 0 aliphatic heterocycles. The van der Waals surface area contributed by atoms with Crippen molar-refractivity contribution < 1.29 is 0 Å². The molecule has 1 rings (SSSR count). The third kappa shape index (κ3) is 3.70. The predicted molar refractivity (Wildman–Crippen MR) is 68.5 cm³/mol. The van der Waals surface area contributed by atoms with Crippen LogP contribution in [0.15, 0.2) is 22.7 Å². The van der Waals surface area contributed by atoms with Crippen LogP contribution in [-0.2, 0) is 0 Å². The monoisotopic (exact) mass is 265 g/mol. The van der Waals surface area contributed by atoms with Gasteiger partial charge in [0, 0.05) is 16.9 Å². The molecule has 1 nitrogen and oxygen atoms in total. The van der Waals surface area contributed by atoms with Crippen molar-refractivity contribution in [1.29, 1.82) is 0 Å². The molecule has 0 bridgehead atoms. The smallest absolute Gasteiger partial charge is 0.0306 e. The van der Waals surface area contributed by atoms with Crippen LogP contribution in [0.5, 0.6) is 0 Å². The maximum atomic E-state index is 6.11. The zero-order valence-corrected chi connectivity index (χ0v) is 10.5. The Labute approximate surface area is 100 Å². The first kappa shape index (κ1) is 12.3. The van der Waals surface area contributed by atoms with E-state index in [0.717, 1.165) is 23.7 Å². The highest BCUT2D eigenvalue weighted by molar-refractivity contribution is 9.10. The van der Waals surface area contributed by atoms with Gasteiger partial charge in [-0.1, -0.05) is 33.6 Å². The first-order chi connectivity index (χ1) is 7.15. The lowest BCUT2D eigenvalue weighted by Crippen LogP contribution is -2.10. The molecule has 0 amide bonds. The van der Waals surface area contributed by atoms with E-state index in [2.05, 4.69) is 40.9 Å². The second kappa shape index (κ2) is 5.95. The Bertz CT molecular complexity index is 365. The van der Waals surface area contributed by atoms with Gasteiger partial charge in [-0.2, -0.15) is 0 Å². The molecule has 1 atom stereocenters. The lowest BCUT2D eigenvalue weighted by Gasteiger charge is -2.13. The van der Waals surface area contributed by atoms with E-state index in [9.17, 15) is 0 Å². The Morgan fingerprint density at radius 3 is 2.93 bits per heavy atom. The molecule has 2 N–H and O–H groups in total. The van der Waals surface area contributed by atoms with Gasteiger partial charge in [0.05, 0.1) is 0 Å². The quantitative estimate of drug-likeness (QED) is 0.654. The van der Waals surface area contributed by atoms with Crippen LogP contribution >= 0.6 is 15.9 Å². The number of aryl methyl sites for hydroxylation is 1. The van der Waals surface area contributed by atoms with Crippen molar-refractivity contribution in [2.45, 2.75) is 32.2 Å².